The van der Waals surface area contributed by atoms with E-state index in [1.165, 1.54) is 19.3 Å². The van der Waals surface area contributed by atoms with E-state index >= 15 is 0 Å². The molecule has 1 saturated heterocycles. The molecule has 36 valence electrons. The van der Waals surface area contributed by atoms with Crippen LogP contribution in [0.25, 0.3) is 0 Å². The van der Waals surface area contributed by atoms with Crippen molar-refractivity contribution in [1.29, 1.82) is 0 Å². The molecule has 0 spiro atoms. The summed E-state index contributed by atoms with van der Waals surface area (Å²) in [6, 6.07) is 0. The minimum atomic E-state index is 0. The van der Waals surface area contributed by atoms with Crippen molar-refractivity contribution in [2.45, 2.75) is 19.3 Å². The molecule has 0 atom stereocenters. The van der Waals surface area contributed by atoms with E-state index < -0.39 is 0 Å². The summed E-state index contributed by atoms with van der Waals surface area (Å²) >= 11 is 0. The third-order valence-electron chi connectivity index (χ3n) is 1.08. The Bertz CT molecular complexity index is 27.7. The zero-order chi connectivity index (χ0) is 4.24. The van der Waals surface area contributed by atoms with E-state index in [1.54, 1.807) is 0 Å². The Kier molecular flexibility index (Phi) is 26.9. The van der Waals surface area contributed by atoms with Crippen LogP contribution in [-0.4, -0.2) is 13.2 Å². The minimum absolute atomic E-state index is 0. The second-order valence-corrected chi connectivity index (χ2v) is 1.67. The predicted octanol–water partition coefficient (Wildman–Crippen LogP) is -7.80. The molecule has 0 aliphatic carbocycles. The third kappa shape index (κ3) is 11.0. The molecule has 1 heterocycles. The van der Waals surface area contributed by atoms with E-state index in [-0.39, 0.29) is 88.7 Å². The molecule has 1 rings (SSSR count). The van der Waals surface area contributed by atoms with Gasteiger partial charge in [-0.05, 0) is 19.3 Å². The molecule has 0 aromatic rings. The summed E-state index contributed by atoms with van der Waals surface area (Å²) in [5.41, 5.74) is 0. The molecule has 4 heteroatoms. The first-order valence-corrected chi connectivity index (χ1v) is 2.58. The summed E-state index contributed by atoms with van der Waals surface area (Å²) in [6.45, 7) is 2.00. The SMILES string of the molecule is C1CCOCC1.[Na+].[Na+].[Na+]. The van der Waals surface area contributed by atoms with Gasteiger partial charge in [0.05, 0.1) is 0 Å². The molecular formula is C5H10Na3O+3. The third-order valence-corrected chi connectivity index (χ3v) is 1.08. The van der Waals surface area contributed by atoms with Crippen LogP contribution in [0.1, 0.15) is 19.3 Å². The standard InChI is InChI=1S/C5H10O.3Na/c1-2-4-6-5-3-1;;;/h1-5H2;;;/q;3*+1. The van der Waals surface area contributed by atoms with E-state index in [1.807, 2.05) is 0 Å². The van der Waals surface area contributed by atoms with Crippen LogP contribution in [0.4, 0.5) is 0 Å². The van der Waals surface area contributed by atoms with Gasteiger partial charge < -0.3 is 4.74 Å². The summed E-state index contributed by atoms with van der Waals surface area (Å²) in [4.78, 5) is 0. The van der Waals surface area contributed by atoms with Gasteiger partial charge in [-0.2, -0.15) is 0 Å². The van der Waals surface area contributed by atoms with Crippen molar-refractivity contribution in [1.82, 2.24) is 0 Å². The molecule has 0 radical (unpaired) electrons. The average molecular weight is 155 g/mol. The van der Waals surface area contributed by atoms with Crippen LogP contribution < -0.4 is 88.7 Å². The topological polar surface area (TPSA) is 9.23 Å². The van der Waals surface area contributed by atoms with Gasteiger partial charge in [0.15, 0.2) is 0 Å². The Morgan fingerprint density at radius 1 is 0.667 bits per heavy atom. The van der Waals surface area contributed by atoms with Crippen molar-refractivity contribution < 1.29 is 93.4 Å². The van der Waals surface area contributed by atoms with E-state index in [0.717, 1.165) is 13.2 Å². The predicted molar refractivity (Wildman–Crippen MR) is 24.7 cm³/mol. The summed E-state index contributed by atoms with van der Waals surface area (Å²) < 4.78 is 5.07. The number of hydrogen-bond acceptors (Lipinski definition) is 1. The fourth-order valence-electron chi connectivity index (χ4n) is 0.687. The first kappa shape index (κ1) is 17.9. The van der Waals surface area contributed by atoms with Gasteiger partial charge in [-0.15, -0.1) is 0 Å². The van der Waals surface area contributed by atoms with Crippen molar-refractivity contribution in [2.75, 3.05) is 13.2 Å². The maximum Gasteiger partial charge on any atom is 1.00 e. The molecule has 0 unspecified atom stereocenters. The molecule has 1 fully saturated rings. The van der Waals surface area contributed by atoms with Crippen LogP contribution in [0.5, 0.6) is 0 Å². The van der Waals surface area contributed by atoms with Crippen molar-refractivity contribution in [3.63, 3.8) is 0 Å². The zero-order valence-electron chi connectivity index (χ0n) is 6.94. The molecule has 0 aromatic carbocycles. The Labute approximate surface area is 124 Å². The van der Waals surface area contributed by atoms with Crippen LogP contribution in [0.3, 0.4) is 0 Å². The number of hydrogen-bond donors (Lipinski definition) is 0. The summed E-state index contributed by atoms with van der Waals surface area (Å²) in [7, 11) is 0. The van der Waals surface area contributed by atoms with Crippen molar-refractivity contribution in [2.24, 2.45) is 0 Å². The molecular weight excluding hydrogens is 145 g/mol. The van der Waals surface area contributed by atoms with Gasteiger partial charge >= 0.3 is 88.7 Å². The van der Waals surface area contributed by atoms with Crippen LogP contribution in [0.2, 0.25) is 0 Å². The normalized spacial score (nSPS) is 16.0. The van der Waals surface area contributed by atoms with Crippen molar-refractivity contribution >= 4 is 0 Å². The van der Waals surface area contributed by atoms with Gasteiger partial charge in [0.25, 0.3) is 0 Å². The summed E-state index contributed by atoms with van der Waals surface area (Å²) in [6.07, 6.45) is 3.93. The molecule has 0 amide bonds. The Morgan fingerprint density at radius 2 is 1.11 bits per heavy atom. The van der Waals surface area contributed by atoms with E-state index in [2.05, 4.69) is 0 Å². The fraction of sp³-hybridized carbons (Fsp3) is 1.00. The van der Waals surface area contributed by atoms with Crippen molar-refractivity contribution in [3.8, 4) is 0 Å². The summed E-state index contributed by atoms with van der Waals surface area (Å²) in [5.74, 6) is 0. The van der Waals surface area contributed by atoms with Crippen LogP contribution in [-0.2, 0) is 4.74 Å². The van der Waals surface area contributed by atoms with Gasteiger partial charge in [0.2, 0.25) is 0 Å². The molecule has 0 saturated carbocycles. The van der Waals surface area contributed by atoms with Crippen LogP contribution in [0.15, 0.2) is 0 Å². The molecule has 9 heavy (non-hydrogen) atoms. The molecule has 0 bridgehead atoms. The quantitative estimate of drug-likeness (QED) is 0.316. The first-order valence-electron chi connectivity index (χ1n) is 2.58. The summed E-state index contributed by atoms with van der Waals surface area (Å²) in [5, 5.41) is 0. The van der Waals surface area contributed by atoms with Gasteiger partial charge in [0.1, 0.15) is 0 Å². The van der Waals surface area contributed by atoms with Gasteiger partial charge in [-0.1, -0.05) is 0 Å². The first-order chi connectivity index (χ1) is 3.00. The fourth-order valence-corrected chi connectivity index (χ4v) is 0.687. The second kappa shape index (κ2) is 13.5. The largest absolute Gasteiger partial charge is 1.00 e. The van der Waals surface area contributed by atoms with Crippen LogP contribution in [0, 0.1) is 0 Å². The van der Waals surface area contributed by atoms with Crippen LogP contribution >= 0.6 is 0 Å². The molecule has 0 aromatic heterocycles. The second-order valence-electron chi connectivity index (χ2n) is 1.67. The van der Waals surface area contributed by atoms with Crippen molar-refractivity contribution in [3.05, 3.63) is 0 Å². The van der Waals surface area contributed by atoms with E-state index in [9.17, 15) is 0 Å². The Morgan fingerprint density at radius 3 is 1.22 bits per heavy atom. The zero-order valence-corrected chi connectivity index (χ0v) is 12.9. The number of rotatable bonds is 0. The molecule has 0 N–H and O–H groups in total. The average Bonchev–Trinajstić information content (AvgIpc) is 1.72. The van der Waals surface area contributed by atoms with E-state index in [0.29, 0.717) is 0 Å². The smallest absolute Gasteiger partial charge is 0.381 e. The molecule has 1 aliphatic heterocycles. The molecule has 1 aliphatic rings. The maximum absolute atomic E-state index is 5.07. The van der Waals surface area contributed by atoms with Gasteiger partial charge in [0, 0.05) is 13.2 Å². The number of ether oxygens (including phenoxy) is 1. The van der Waals surface area contributed by atoms with Gasteiger partial charge in [-0.25, -0.2) is 0 Å². The molecule has 1 nitrogen and oxygen atoms in total. The minimum Gasteiger partial charge on any atom is -0.381 e. The Hall–Kier alpha value is 2.96. The monoisotopic (exact) mass is 155 g/mol. The maximum atomic E-state index is 5.07. The van der Waals surface area contributed by atoms with E-state index in [4.69, 9.17) is 4.74 Å². The van der Waals surface area contributed by atoms with Gasteiger partial charge in [-0.3, -0.25) is 0 Å². The Balaban J connectivity index is -0.000000120.